The van der Waals surface area contributed by atoms with Crippen molar-refractivity contribution in [3.8, 4) is 0 Å². The number of nitrogens with zero attached hydrogens (tertiary/aromatic N) is 2. The van der Waals surface area contributed by atoms with Crippen molar-refractivity contribution in [1.29, 1.82) is 0 Å². The summed E-state index contributed by atoms with van der Waals surface area (Å²) in [7, 11) is 4.04. The molecule has 1 saturated heterocycles. The highest BCUT2D eigenvalue weighted by atomic mass is 16.6. The molecule has 0 spiro atoms. The number of carbonyl (C=O) groups is 2. The number of carbonyl (C=O) groups excluding carboxylic acids is 2. The van der Waals surface area contributed by atoms with Gasteiger partial charge in [-0.25, -0.2) is 4.79 Å². The molecule has 1 heterocycles. The van der Waals surface area contributed by atoms with E-state index in [0.29, 0.717) is 13.2 Å². The van der Waals surface area contributed by atoms with E-state index < -0.39 is 5.60 Å². The second-order valence-corrected chi connectivity index (χ2v) is 6.01. The van der Waals surface area contributed by atoms with Gasteiger partial charge >= 0.3 is 6.09 Å². The van der Waals surface area contributed by atoms with Crippen LogP contribution in [-0.4, -0.2) is 74.7 Å². The third kappa shape index (κ3) is 8.12. The summed E-state index contributed by atoms with van der Waals surface area (Å²) >= 11 is 0. The van der Waals surface area contributed by atoms with Gasteiger partial charge in [0.15, 0.2) is 0 Å². The number of likely N-dealkylation sites (tertiary alicyclic amines) is 1. The Kier molecular flexibility index (Phi) is 8.41. The van der Waals surface area contributed by atoms with Gasteiger partial charge in [-0.3, -0.25) is 0 Å². The Hall–Kier alpha value is -1.14. The first-order chi connectivity index (χ1) is 9.28. The first-order valence-electron chi connectivity index (χ1n) is 6.81. The fourth-order valence-corrected chi connectivity index (χ4v) is 1.76. The van der Waals surface area contributed by atoms with Crippen molar-refractivity contribution in [2.75, 3.05) is 40.3 Å². The SMILES string of the molecule is C=O.CN(C)CCOC1CCN(C(=O)OC(C)(C)C)C1. The third-order valence-corrected chi connectivity index (χ3v) is 2.69. The van der Waals surface area contributed by atoms with Crippen LogP contribution in [-0.2, 0) is 14.3 Å². The molecule has 0 aromatic heterocycles. The summed E-state index contributed by atoms with van der Waals surface area (Å²) in [5.74, 6) is 0. The Morgan fingerprint density at radius 1 is 1.35 bits per heavy atom. The Morgan fingerprint density at radius 3 is 2.45 bits per heavy atom. The normalized spacial score (nSPS) is 18.7. The quantitative estimate of drug-likeness (QED) is 0.782. The largest absolute Gasteiger partial charge is 0.444 e. The Balaban J connectivity index is 0.00000172. The monoisotopic (exact) mass is 288 g/mol. The molecule has 118 valence electrons. The second kappa shape index (κ2) is 8.92. The summed E-state index contributed by atoms with van der Waals surface area (Å²) in [6.07, 6.45) is 0.811. The molecule has 1 atom stereocenters. The van der Waals surface area contributed by atoms with Crippen LogP contribution in [0.25, 0.3) is 0 Å². The van der Waals surface area contributed by atoms with Gasteiger partial charge in [0.25, 0.3) is 0 Å². The molecule has 1 aliphatic rings. The van der Waals surface area contributed by atoms with Crippen LogP contribution in [0.3, 0.4) is 0 Å². The molecular formula is C14H28N2O4. The second-order valence-electron chi connectivity index (χ2n) is 6.01. The lowest BCUT2D eigenvalue weighted by atomic mass is 10.2. The van der Waals surface area contributed by atoms with E-state index in [9.17, 15) is 4.79 Å². The summed E-state index contributed by atoms with van der Waals surface area (Å²) in [5.41, 5.74) is -0.430. The first kappa shape index (κ1) is 18.9. The fourth-order valence-electron chi connectivity index (χ4n) is 1.76. The van der Waals surface area contributed by atoms with Crippen molar-refractivity contribution in [2.24, 2.45) is 0 Å². The molecule has 20 heavy (non-hydrogen) atoms. The Morgan fingerprint density at radius 2 is 1.95 bits per heavy atom. The molecule has 1 rings (SSSR count). The fraction of sp³-hybridized carbons (Fsp3) is 0.857. The van der Waals surface area contributed by atoms with E-state index >= 15 is 0 Å². The molecule has 0 aromatic rings. The molecule has 6 heteroatoms. The maximum Gasteiger partial charge on any atom is 0.410 e. The topological polar surface area (TPSA) is 59.1 Å². The van der Waals surface area contributed by atoms with Gasteiger partial charge in [0.1, 0.15) is 12.4 Å². The maximum atomic E-state index is 11.8. The molecule has 0 radical (unpaired) electrons. The summed E-state index contributed by atoms with van der Waals surface area (Å²) in [5, 5.41) is 0. The summed E-state index contributed by atoms with van der Waals surface area (Å²) in [6, 6.07) is 0. The van der Waals surface area contributed by atoms with Crippen LogP contribution in [0.4, 0.5) is 4.79 Å². The van der Waals surface area contributed by atoms with E-state index in [0.717, 1.165) is 19.5 Å². The lowest BCUT2D eigenvalue weighted by Crippen LogP contribution is -2.36. The van der Waals surface area contributed by atoms with Crippen molar-refractivity contribution < 1.29 is 19.1 Å². The van der Waals surface area contributed by atoms with Gasteiger partial charge in [-0.1, -0.05) is 0 Å². The molecule has 0 saturated carbocycles. The van der Waals surface area contributed by atoms with Gasteiger partial charge in [-0.15, -0.1) is 0 Å². The summed E-state index contributed by atoms with van der Waals surface area (Å²) in [6.45, 7) is 10.6. The number of hydrogen-bond donors (Lipinski definition) is 0. The minimum absolute atomic E-state index is 0.150. The van der Waals surface area contributed by atoms with E-state index in [1.165, 1.54) is 0 Å². The van der Waals surface area contributed by atoms with E-state index in [-0.39, 0.29) is 12.2 Å². The number of likely N-dealkylation sites (N-methyl/N-ethyl adjacent to an activating group) is 1. The van der Waals surface area contributed by atoms with Crippen molar-refractivity contribution in [1.82, 2.24) is 9.80 Å². The third-order valence-electron chi connectivity index (χ3n) is 2.69. The van der Waals surface area contributed by atoms with Crippen LogP contribution in [0.2, 0.25) is 0 Å². The molecule has 0 aliphatic carbocycles. The highest BCUT2D eigenvalue weighted by molar-refractivity contribution is 5.68. The highest BCUT2D eigenvalue weighted by Crippen LogP contribution is 2.17. The average Bonchev–Trinajstić information content (AvgIpc) is 2.78. The van der Waals surface area contributed by atoms with Crippen molar-refractivity contribution in [3.05, 3.63) is 0 Å². The van der Waals surface area contributed by atoms with Crippen LogP contribution >= 0.6 is 0 Å². The average molecular weight is 288 g/mol. The van der Waals surface area contributed by atoms with Crippen LogP contribution in [0.1, 0.15) is 27.2 Å². The van der Waals surface area contributed by atoms with Crippen molar-refractivity contribution in [2.45, 2.75) is 38.9 Å². The number of ether oxygens (including phenoxy) is 2. The van der Waals surface area contributed by atoms with Gasteiger partial charge in [0.05, 0.1) is 19.3 Å². The predicted octanol–water partition coefficient (Wildman–Crippen LogP) is 1.39. The molecular weight excluding hydrogens is 260 g/mol. The van der Waals surface area contributed by atoms with E-state index in [2.05, 4.69) is 4.90 Å². The van der Waals surface area contributed by atoms with Crippen molar-refractivity contribution >= 4 is 12.9 Å². The van der Waals surface area contributed by atoms with Gasteiger partial charge in [-0.2, -0.15) is 0 Å². The lowest BCUT2D eigenvalue weighted by Gasteiger charge is -2.24. The zero-order chi connectivity index (χ0) is 15.8. The first-order valence-corrected chi connectivity index (χ1v) is 6.81. The van der Waals surface area contributed by atoms with Crippen molar-refractivity contribution in [3.63, 3.8) is 0 Å². The van der Waals surface area contributed by atoms with Gasteiger partial charge in [0, 0.05) is 13.1 Å². The Bertz CT molecular complexity index is 289. The van der Waals surface area contributed by atoms with Gasteiger partial charge in [-0.05, 0) is 41.3 Å². The van der Waals surface area contributed by atoms with Crippen LogP contribution in [0, 0.1) is 0 Å². The molecule has 0 N–H and O–H groups in total. The molecule has 0 aromatic carbocycles. The minimum atomic E-state index is -0.430. The number of rotatable bonds is 4. The lowest BCUT2D eigenvalue weighted by molar-refractivity contribution is -0.0980. The zero-order valence-corrected chi connectivity index (χ0v) is 13.3. The van der Waals surface area contributed by atoms with E-state index in [1.54, 1.807) is 4.90 Å². The standard InChI is InChI=1S/C13H26N2O3.CH2O/c1-13(2,3)18-12(16)15-7-6-11(10-15)17-9-8-14(4)5;1-2/h11H,6-10H2,1-5H3;1H2. The van der Waals surface area contributed by atoms with Crippen LogP contribution in [0.5, 0.6) is 0 Å². The minimum Gasteiger partial charge on any atom is -0.444 e. The molecule has 1 fully saturated rings. The molecule has 1 amide bonds. The molecule has 6 nitrogen and oxygen atoms in total. The molecule has 1 aliphatic heterocycles. The highest BCUT2D eigenvalue weighted by Gasteiger charge is 2.30. The smallest absolute Gasteiger partial charge is 0.410 e. The number of hydrogen-bond acceptors (Lipinski definition) is 5. The number of amides is 1. The predicted molar refractivity (Wildman–Crippen MR) is 77.8 cm³/mol. The van der Waals surface area contributed by atoms with E-state index in [1.807, 2.05) is 41.7 Å². The molecule has 0 bridgehead atoms. The Labute approximate surface area is 122 Å². The summed E-state index contributed by atoms with van der Waals surface area (Å²) in [4.78, 5) is 23.6. The van der Waals surface area contributed by atoms with Gasteiger partial charge in [0.2, 0.25) is 0 Å². The zero-order valence-electron chi connectivity index (χ0n) is 13.3. The van der Waals surface area contributed by atoms with Crippen LogP contribution in [0.15, 0.2) is 0 Å². The van der Waals surface area contributed by atoms with Gasteiger partial charge < -0.3 is 24.1 Å². The van der Waals surface area contributed by atoms with E-state index in [4.69, 9.17) is 14.3 Å². The summed E-state index contributed by atoms with van der Waals surface area (Å²) < 4.78 is 11.1. The molecule has 1 unspecified atom stereocenters. The van der Waals surface area contributed by atoms with Crippen LogP contribution < -0.4 is 0 Å². The maximum absolute atomic E-state index is 11.8.